The second-order valence-corrected chi connectivity index (χ2v) is 8.21. The van der Waals surface area contributed by atoms with E-state index in [0.717, 1.165) is 10.5 Å². The van der Waals surface area contributed by atoms with Gasteiger partial charge in [0, 0.05) is 13.1 Å². The summed E-state index contributed by atoms with van der Waals surface area (Å²) in [5.74, 6) is -1.19. The third kappa shape index (κ3) is 3.84. The van der Waals surface area contributed by atoms with Crippen LogP contribution in [0.5, 0.6) is 0 Å². The van der Waals surface area contributed by atoms with E-state index < -0.39 is 21.8 Å². The van der Waals surface area contributed by atoms with Gasteiger partial charge in [-0.25, -0.2) is 13.1 Å². The smallest absolute Gasteiger partial charge is 0.261 e. The number of carbonyl (C=O) groups excluding carboxylic acids is 2. The zero-order chi connectivity index (χ0) is 18.7. The lowest BCUT2D eigenvalue weighted by Gasteiger charge is -2.16. The molecule has 2 amide bonds. The molecule has 0 saturated carbocycles. The molecule has 0 bridgehead atoms. The van der Waals surface area contributed by atoms with Crippen molar-refractivity contribution in [1.29, 1.82) is 0 Å². The van der Waals surface area contributed by atoms with Crippen LogP contribution >= 0.6 is 0 Å². The molecule has 6 nitrogen and oxygen atoms in total. The number of hydrogen-bond donors (Lipinski definition) is 1. The molecule has 0 aliphatic carbocycles. The molecular formula is C19H20N2O4S. The summed E-state index contributed by atoms with van der Waals surface area (Å²) in [6.07, 6.45) is 0. The number of nitrogens with zero attached hydrogens (tertiary/aromatic N) is 1. The monoisotopic (exact) mass is 372 g/mol. The van der Waals surface area contributed by atoms with Crippen LogP contribution in [0.25, 0.3) is 0 Å². The van der Waals surface area contributed by atoms with E-state index in [1.165, 1.54) is 0 Å². The van der Waals surface area contributed by atoms with E-state index in [4.69, 9.17) is 0 Å². The van der Waals surface area contributed by atoms with Gasteiger partial charge in [-0.2, -0.15) is 0 Å². The summed E-state index contributed by atoms with van der Waals surface area (Å²) >= 11 is 0. The molecule has 136 valence electrons. The summed E-state index contributed by atoms with van der Waals surface area (Å²) in [7, 11) is -3.60. The van der Waals surface area contributed by atoms with Crippen molar-refractivity contribution in [3.8, 4) is 0 Å². The lowest BCUT2D eigenvalue weighted by Crippen LogP contribution is -2.38. The molecule has 1 heterocycles. The van der Waals surface area contributed by atoms with Crippen molar-refractivity contribution in [3.05, 3.63) is 71.3 Å². The lowest BCUT2D eigenvalue weighted by molar-refractivity contribution is 0.0664. The Kier molecular flexibility index (Phi) is 5.20. The fourth-order valence-corrected chi connectivity index (χ4v) is 3.95. The molecule has 1 N–H and O–H groups in total. The Hall–Kier alpha value is -2.51. The van der Waals surface area contributed by atoms with Crippen LogP contribution in [0.4, 0.5) is 0 Å². The van der Waals surface area contributed by atoms with Crippen LogP contribution in [-0.4, -0.2) is 44.0 Å². The highest BCUT2D eigenvalue weighted by Crippen LogP contribution is 2.22. The SMILES string of the molecule is C[C@H](CNS(=O)(=O)CCN1C(=O)c2ccccc2C1=O)c1ccccc1. The molecule has 1 atom stereocenters. The Labute approximate surface area is 152 Å². The van der Waals surface area contributed by atoms with Gasteiger partial charge in [0.1, 0.15) is 0 Å². The summed E-state index contributed by atoms with van der Waals surface area (Å²) in [4.78, 5) is 25.5. The maximum Gasteiger partial charge on any atom is 0.261 e. The van der Waals surface area contributed by atoms with Crippen LogP contribution in [0.3, 0.4) is 0 Å². The minimum Gasteiger partial charge on any atom is -0.273 e. The first-order valence-electron chi connectivity index (χ1n) is 8.36. The van der Waals surface area contributed by atoms with Crippen LogP contribution < -0.4 is 4.72 Å². The van der Waals surface area contributed by atoms with E-state index in [0.29, 0.717) is 11.1 Å². The second-order valence-electron chi connectivity index (χ2n) is 6.29. The first kappa shape index (κ1) is 18.3. The van der Waals surface area contributed by atoms with Gasteiger partial charge in [0.05, 0.1) is 16.9 Å². The van der Waals surface area contributed by atoms with Gasteiger partial charge in [-0.15, -0.1) is 0 Å². The number of nitrogens with one attached hydrogen (secondary N) is 1. The van der Waals surface area contributed by atoms with E-state index in [2.05, 4.69) is 4.72 Å². The van der Waals surface area contributed by atoms with Crippen LogP contribution in [0.1, 0.15) is 39.1 Å². The Balaban J connectivity index is 1.58. The summed E-state index contributed by atoms with van der Waals surface area (Å²) in [6.45, 7) is 2.03. The van der Waals surface area contributed by atoms with E-state index in [9.17, 15) is 18.0 Å². The molecule has 0 saturated heterocycles. The van der Waals surface area contributed by atoms with E-state index >= 15 is 0 Å². The molecule has 2 aromatic rings. The van der Waals surface area contributed by atoms with Crippen molar-refractivity contribution in [3.63, 3.8) is 0 Å². The molecule has 0 radical (unpaired) electrons. The van der Waals surface area contributed by atoms with Crippen molar-refractivity contribution < 1.29 is 18.0 Å². The Morgan fingerprint density at radius 3 is 2.04 bits per heavy atom. The van der Waals surface area contributed by atoms with Gasteiger partial charge in [0.15, 0.2) is 0 Å². The van der Waals surface area contributed by atoms with Gasteiger partial charge in [-0.05, 0) is 23.6 Å². The van der Waals surface area contributed by atoms with Crippen molar-refractivity contribution in [2.45, 2.75) is 12.8 Å². The normalized spacial score (nSPS) is 15.2. The zero-order valence-corrected chi connectivity index (χ0v) is 15.2. The maximum absolute atomic E-state index is 12.3. The molecule has 0 aromatic heterocycles. The minimum atomic E-state index is -3.60. The fraction of sp³-hybridized carbons (Fsp3) is 0.263. The molecule has 2 aromatic carbocycles. The number of rotatable bonds is 7. The van der Waals surface area contributed by atoms with Crippen LogP contribution in [0.15, 0.2) is 54.6 Å². The fourth-order valence-electron chi connectivity index (χ4n) is 2.88. The average molecular weight is 372 g/mol. The lowest BCUT2D eigenvalue weighted by atomic mass is 10.0. The predicted octanol–water partition coefficient (Wildman–Crippen LogP) is 2.01. The van der Waals surface area contributed by atoms with Crippen molar-refractivity contribution in [2.24, 2.45) is 0 Å². The molecule has 26 heavy (non-hydrogen) atoms. The summed E-state index contributed by atoms with van der Waals surface area (Å²) in [6, 6.07) is 16.1. The second kappa shape index (κ2) is 7.39. The Morgan fingerprint density at radius 2 is 1.46 bits per heavy atom. The minimum absolute atomic E-state index is 0.0188. The summed E-state index contributed by atoms with van der Waals surface area (Å²) in [5.41, 5.74) is 1.68. The first-order chi connectivity index (χ1) is 12.4. The number of imide groups is 1. The van der Waals surface area contributed by atoms with Crippen molar-refractivity contribution >= 4 is 21.8 Å². The predicted molar refractivity (Wildman–Crippen MR) is 98.5 cm³/mol. The molecule has 0 unspecified atom stereocenters. The summed E-state index contributed by atoms with van der Waals surface area (Å²) < 4.78 is 27.1. The van der Waals surface area contributed by atoms with Gasteiger partial charge in [-0.3, -0.25) is 14.5 Å². The Bertz CT molecular complexity index is 891. The van der Waals surface area contributed by atoms with Crippen LogP contribution in [0, 0.1) is 0 Å². The van der Waals surface area contributed by atoms with E-state index in [1.54, 1.807) is 24.3 Å². The molecule has 0 spiro atoms. The van der Waals surface area contributed by atoms with Gasteiger partial charge in [0.25, 0.3) is 11.8 Å². The average Bonchev–Trinajstić information content (AvgIpc) is 2.90. The van der Waals surface area contributed by atoms with Gasteiger partial charge < -0.3 is 0 Å². The molecule has 3 rings (SSSR count). The largest absolute Gasteiger partial charge is 0.273 e. The highest BCUT2D eigenvalue weighted by atomic mass is 32.2. The van der Waals surface area contributed by atoms with E-state index in [1.807, 2.05) is 37.3 Å². The standard InChI is InChI=1S/C19H20N2O4S/c1-14(15-7-3-2-4-8-15)13-20-26(24,25)12-11-21-18(22)16-9-5-6-10-17(16)19(21)23/h2-10,14,20H,11-13H2,1H3/t14-/m1/s1. The summed E-state index contributed by atoms with van der Waals surface area (Å²) in [5, 5.41) is 0. The van der Waals surface area contributed by atoms with Crippen LogP contribution in [-0.2, 0) is 10.0 Å². The van der Waals surface area contributed by atoms with Crippen LogP contribution in [0.2, 0.25) is 0 Å². The third-order valence-electron chi connectivity index (χ3n) is 4.44. The Morgan fingerprint density at radius 1 is 0.923 bits per heavy atom. The number of sulfonamides is 1. The van der Waals surface area contributed by atoms with Crippen molar-refractivity contribution in [1.82, 2.24) is 9.62 Å². The molecule has 1 aliphatic rings. The number of benzene rings is 2. The third-order valence-corrected chi connectivity index (χ3v) is 5.77. The number of hydrogen-bond acceptors (Lipinski definition) is 4. The van der Waals surface area contributed by atoms with Crippen molar-refractivity contribution in [2.75, 3.05) is 18.8 Å². The highest BCUT2D eigenvalue weighted by Gasteiger charge is 2.35. The van der Waals surface area contributed by atoms with Gasteiger partial charge >= 0.3 is 0 Å². The highest BCUT2D eigenvalue weighted by molar-refractivity contribution is 7.89. The molecule has 1 aliphatic heterocycles. The quantitative estimate of drug-likeness (QED) is 0.754. The molecular weight excluding hydrogens is 352 g/mol. The zero-order valence-electron chi connectivity index (χ0n) is 14.4. The first-order valence-corrected chi connectivity index (χ1v) is 10.0. The number of fused-ring (bicyclic) bond motifs is 1. The van der Waals surface area contributed by atoms with Gasteiger partial charge in [0.2, 0.25) is 10.0 Å². The number of carbonyl (C=O) groups is 2. The van der Waals surface area contributed by atoms with E-state index in [-0.39, 0.29) is 24.8 Å². The maximum atomic E-state index is 12.3. The van der Waals surface area contributed by atoms with Gasteiger partial charge in [-0.1, -0.05) is 49.4 Å². The number of amides is 2. The molecule has 0 fully saturated rings. The topological polar surface area (TPSA) is 83.6 Å². The molecule has 7 heteroatoms.